The summed E-state index contributed by atoms with van der Waals surface area (Å²) in [4.78, 5) is 0. The molecule has 10 unspecified atom stereocenters. The molecule has 10 atom stereocenters. The van der Waals surface area contributed by atoms with Crippen LogP contribution in [0.25, 0.3) is 0 Å². The van der Waals surface area contributed by atoms with Gasteiger partial charge in [-0.25, -0.2) is 0 Å². The molecule has 0 radical (unpaired) electrons. The topological polar surface area (TPSA) is 0 Å². The second-order valence-corrected chi connectivity index (χ2v) is 14.7. The maximum atomic E-state index is 2.40. The lowest BCUT2D eigenvalue weighted by molar-refractivity contribution is 0.197. The van der Waals surface area contributed by atoms with Gasteiger partial charge in [-0.15, -0.1) is 0 Å². The standard InChI is InChI=1S/3C9H18.C8H16.CH4/c2*1-7-4-5-8(2)9(3)6-7;1-7-5-4-6-8(2)9(7)3;1-7-5-3-4-6-8(7)2;/h3*7-9H,4-6H2,1-3H3;7-8H,3-6H2,1-2H3;1H4. The van der Waals surface area contributed by atoms with Gasteiger partial charge < -0.3 is 0 Å². The first-order valence-electron chi connectivity index (χ1n) is 16.4. The summed E-state index contributed by atoms with van der Waals surface area (Å²) in [6.07, 6.45) is 19.1. The molecule has 4 rings (SSSR count). The van der Waals surface area contributed by atoms with Crippen LogP contribution >= 0.6 is 0 Å². The van der Waals surface area contributed by atoms with E-state index >= 15 is 0 Å². The van der Waals surface area contributed by atoms with E-state index in [1.165, 1.54) is 83.5 Å². The molecule has 4 aliphatic carbocycles. The molecule has 36 heavy (non-hydrogen) atoms. The minimum atomic E-state index is 0. The van der Waals surface area contributed by atoms with Crippen LogP contribution in [0.15, 0.2) is 0 Å². The van der Waals surface area contributed by atoms with Crippen molar-refractivity contribution in [3.05, 3.63) is 0 Å². The van der Waals surface area contributed by atoms with E-state index in [2.05, 4.69) is 76.2 Å². The Bertz CT molecular complexity index is 464. The van der Waals surface area contributed by atoms with Gasteiger partial charge in [-0.2, -0.15) is 0 Å². The zero-order valence-electron chi connectivity index (χ0n) is 26.5. The van der Waals surface area contributed by atoms with Crippen LogP contribution in [-0.2, 0) is 0 Å². The van der Waals surface area contributed by atoms with Gasteiger partial charge in [0, 0.05) is 0 Å². The van der Waals surface area contributed by atoms with Crippen LogP contribution in [-0.4, -0.2) is 0 Å². The lowest BCUT2D eigenvalue weighted by atomic mass is 9.75. The summed E-state index contributed by atoms with van der Waals surface area (Å²) in [6, 6.07) is 0. The fraction of sp³-hybridized carbons (Fsp3) is 1.00. The smallest absolute Gasteiger partial charge is 0.0391 e. The lowest BCUT2D eigenvalue weighted by Crippen LogP contribution is -2.21. The van der Waals surface area contributed by atoms with Crippen molar-refractivity contribution in [2.24, 2.45) is 65.1 Å². The fourth-order valence-electron chi connectivity index (χ4n) is 6.98. The molecule has 0 bridgehead atoms. The predicted octanol–water partition coefficient (Wildman–Crippen LogP) is 12.7. The fourth-order valence-corrected chi connectivity index (χ4v) is 6.98. The van der Waals surface area contributed by atoms with Gasteiger partial charge in [-0.1, -0.05) is 154 Å². The third-order valence-corrected chi connectivity index (χ3v) is 11.4. The molecule has 0 amide bonds. The van der Waals surface area contributed by atoms with Crippen molar-refractivity contribution in [1.29, 1.82) is 0 Å². The van der Waals surface area contributed by atoms with E-state index in [4.69, 9.17) is 0 Å². The molecule has 0 nitrogen and oxygen atoms in total. The average Bonchev–Trinajstić information content (AvgIpc) is 2.81. The van der Waals surface area contributed by atoms with Crippen LogP contribution < -0.4 is 0 Å². The lowest BCUT2D eigenvalue weighted by Gasteiger charge is -2.31. The van der Waals surface area contributed by atoms with Gasteiger partial charge in [-0.05, 0) is 77.9 Å². The summed E-state index contributed by atoms with van der Waals surface area (Å²) in [5.41, 5.74) is 0. The maximum absolute atomic E-state index is 2.40. The van der Waals surface area contributed by atoms with Gasteiger partial charge in [-0.3, -0.25) is 0 Å². The second kappa shape index (κ2) is 19.1. The normalized spacial score (nSPS) is 42.6. The van der Waals surface area contributed by atoms with Crippen LogP contribution in [0.1, 0.15) is 167 Å². The molecule has 0 heteroatoms. The SMILES string of the molecule is C.CC1CCC(C)C(C)C1.CC1CCC(C)C(C)C1.CC1CCCC(C)C1C.CC1CCCCC1C. The van der Waals surface area contributed by atoms with E-state index in [0.29, 0.717) is 0 Å². The first-order valence-corrected chi connectivity index (χ1v) is 16.4. The van der Waals surface area contributed by atoms with E-state index in [9.17, 15) is 0 Å². The van der Waals surface area contributed by atoms with Gasteiger partial charge in [0.1, 0.15) is 0 Å². The summed E-state index contributed by atoms with van der Waals surface area (Å²) in [5, 5.41) is 0. The highest BCUT2D eigenvalue weighted by Gasteiger charge is 2.23. The zero-order chi connectivity index (χ0) is 26.5. The monoisotopic (exact) mass is 507 g/mol. The first-order chi connectivity index (χ1) is 16.4. The molecule has 0 spiro atoms. The molecule has 0 saturated heterocycles. The van der Waals surface area contributed by atoms with Crippen molar-refractivity contribution < 1.29 is 0 Å². The zero-order valence-corrected chi connectivity index (χ0v) is 26.5. The van der Waals surface area contributed by atoms with Crippen LogP contribution in [0.5, 0.6) is 0 Å². The minimum Gasteiger partial charge on any atom is -0.0776 e. The summed E-state index contributed by atoms with van der Waals surface area (Å²) in [5.74, 6) is 10.9. The Balaban J connectivity index is 0.000000450. The van der Waals surface area contributed by atoms with Crippen LogP contribution in [0.3, 0.4) is 0 Å². The summed E-state index contributed by atoms with van der Waals surface area (Å²) >= 11 is 0. The van der Waals surface area contributed by atoms with E-state index in [1.807, 2.05) is 0 Å². The second-order valence-electron chi connectivity index (χ2n) is 14.7. The molecule has 0 aromatic carbocycles. The maximum Gasteiger partial charge on any atom is -0.0391 e. The van der Waals surface area contributed by atoms with E-state index < -0.39 is 0 Å². The average molecular weight is 507 g/mol. The number of hydrogen-bond acceptors (Lipinski definition) is 0. The molecular weight excluding hydrogens is 432 g/mol. The van der Waals surface area contributed by atoms with E-state index in [0.717, 1.165) is 65.1 Å². The molecule has 0 aromatic rings. The molecule has 4 saturated carbocycles. The molecule has 0 aromatic heterocycles. The molecule has 4 fully saturated rings. The van der Waals surface area contributed by atoms with Gasteiger partial charge in [0.25, 0.3) is 0 Å². The molecular formula is C36H74. The highest BCUT2D eigenvalue weighted by Crippen LogP contribution is 2.34. The quantitative estimate of drug-likeness (QED) is 0.306. The van der Waals surface area contributed by atoms with Crippen LogP contribution in [0.4, 0.5) is 0 Å². The Kier molecular flexibility index (Phi) is 19.1. The highest BCUT2D eigenvalue weighted by molar-refractivity contribution is 4.74. The van der Waals surface area contributed by atoms with Crippen molar-refractivity contribution in [3.8, 4) is 0 Å². The summed E-state index contributed by atoms with van der Waals surface area (Å²) < 4.78 is 0. The third-order valence-electron chi connectivity index (χ3n) is 11.4. The van der Waals surface area contributed by atoms with Crippen molar-refractivity contribution in [1.82, 2.24) is 0 Å². The van der Waals surface area contributed by atoms with Gasteiger partial charge in [0.15, 0.2) is 0 Å². The Morgan fingerprint density at radius 3 is 0.861 bits per heavy atom. The van der Waals surface area contributed by atoms with Crippen molar-refractivity contribution in [2.75, 3.05) is 0 Å². The highest BCUT2D eigenvalue weighted by atomic mass is 14.3. The Morgan fingerprint density at radius 2 is 0.611 bits per heavy atom. The largest absolute Gasteiger partial charge is 0.0776 e. The van der Waals surface area contributed by atoms with Crippen LogP contribution in [0.2, 0.25) is 0 Å². The summed E-state index contributed by atoms with van der Waals surface area (Å²) in [7, 11) is 0. The molecule has 0 aliphatic heterocycles. The molecule has 0 N–H and O–H groups in total. The van der Waals surface area contributed by atoms with Gasteiger partial charge in [0.2, 0.25) is 0 Å². The van der Waals surface area contributed by atoms with Crippen molar-refractivity contribution in [2.45, 2.75) is 167 Å². The Labute approximate surface area is 232 Å². The predicted molar refractivity (Wildman–Crippen MR) is 168 cm³/mol. The third kappa shape index (κ3) is 14.2. The number of rotatable bonds is 0. The van der Waals surface area contributed by atoms with E-state index in [1.54, 1.807) is 0 Å². The molecule has 4 aliphatic rings. The molecule has 0 heterocycles. The van der Waals surface area contributed by atoms with Crippen molar-refractivity contribution in [3.63, 3.8) is 0 Å². The first kappa shape index (κ1) is 36.0. The Morgan fingerprint density at radius 1 is 0.306 bits per heavy atom. The van der Waals surface area contributed by atoms with Gasteiger partial charge in [0.05, 0.1) is 0 Å². The summed E-state index contributed by atoms with van der Waals surface area (Å²) in [6.45, 7) is 26.2. The Hall–Kier alpha value is 0. The molecule has 218 valence electrons. The van der Waals surface area contributed by atoms with Crippen molar-refractivity contribution >= 4 is 0 Å². The van der Waals surface area contributed by atoms with Gasteiger partial charge >= 0.3 is 0 Å². The van der Waals surface area contributed by atoms with Crippen LogP contribution in [0, 0.1) is 65.1 Å². The number of hydrogen-bond donors (Lipinski definition) is 0. The minimum absolute atomic E-state index is 0. The van der Waals surface area contributed by atoms with E-state index in [-0.39, 0.29) is 7.43 Å².